The molecule has 2 amide bonds. The van der Waals surface area contributed by atoms with E-state index in [0.717, 1.165) is 70.0 Å². The SMILES string of the molecule is COCCn1c(-c2ccnc(NC(=O)C3CC3)c2)c2ccncc2[n+]1-c1cc(-c2c3ccncc3nn2C)cc(NC(=O)C2CC2)n1. The Morgan fingerprint density at radius 2 is 1.57 bits per heavy atom. The maximum atomic E-state index is 13.0. The van der Waals surface area contributed by atoms with Crippen molar-refractivity contribution in [2.24, 2.45) is 18.9 Å². The number of carbonyl (C=O) groups is 2. The van der Waals surface area contributed by atoms with Crippen LogP contribution in [0.1, 0.15) is 25.7 Å². The minimum atomic E-state index is -0.0378. The molecule has 6 heterocycles. The van der Waals surface area contributed by atoms with E-state index in [-0.39, 0.29) is 23.7 Å². The van der Waals surface area contributed by atoms with Crippen LogP contribution in [0.3, 0.4) is 0 Å². The first kappa shape index (κ1) is 28.9. The first-order valence-electron chi connectivity index (χ1n) is 15.7. The largest absolute Gasteiger partial charge is 0.383 e. The number of nitrogens with one attached hydrogen (secondary N) is 2. The molecule has 47 heavy (non-hydrogen) atoms. The number of aromatic nitrogens is 8. The molecule has 6 aromatic heterocycles. The highest BCUT2D eigenvalue weighted by molar-refractivity contribution is 5.97. The van der Waals surface area contributed by atoms with Crippen molar-refractivity contribution in [2.75, 3.05) is 24.4 Å². The van der Waals surface area contributed by atoms with Gasteiger partial charge in [-0.25, -0.2) is 9.67 Å². The molecule has 6 aromatic rings. The zero-order chi connectivity index (χ0) is 32.1. The van der Waals surface area contributed by atoms with Gasteiger partial charge < -0.3 is 10.1 Å². The molecule has 0 spiro atoms. The Labute approximate surface area is 269 Å². The maximum absolute atomic E-state index is 13.0. The second kappa shape index (κ2) is 11.7. The van der Waals surface area contributed by atoms with Gasteiger partial charge in [0, 0.05) is 73.2 Å². The Morgan fingerprint density at radius 1 is 0.872 bits per heavy atom. The summed E-state index contributed by atoms with van der Waals surface area (Å²) in [7, 11) is 3.56. The van der Waals surface area contributed by atoms with Crippen molar-refractivity contribution < 1.29 is 19.0 Å². The summed E-state index contributed by atoms with van der Waals surface area (Å²) in [6.07, 6.45) is 12.3. The number of methoxy groups -OCH3 is 1. The molecular formula is C34H33N10O3+. The van der Waals surface area contributed by atoms with Gasteiger partial charge in [-0.1, -0.05) is 0 Å². The van der Waals surface area contributed by atoms with Gasteiger partial charge in [0.25, 0.3) is 0 Å². The maximum Gasteiger partial charge on any atom is 0.350 e. The Morgan fingerprint density at radius 3 is 2.32 bits per heavy atom. The van der Waals surface area contributed by atoms with Gasteiger partial charge in [-0.15, -0.1) is 4.68 Å². The van der Waals surface area contributed by atoms with Crippen LogP contribution in [0.25, 0.3) is 50.1 Å². The summed E-state index contributed by atoms with van der Waals surface area (Å²) >= 11 is 0. The molecule has 0 unspecified atom stereocenters. The first-order chi connectivity index (χ1) is 23.0. The van der Waals surface area contributed by atoms with Gasteiger partial charge in [0.1, 0.15) is 11.3 Å². The number of amides is 2. The highest BCUT2D eigenvalue weighted by Crippen LogP contribution is 2.35. The quantitative estimate of drug-likeness (QED) is 0.216. The summed E-state index contributed by atoms with van der Waals surface area (Å²) < 4.78 is 11.5. The predicted molar refractivity (Wildman–Crippen MR) is 174 cm³/mol. The lowest BCUT2D eigenvalue weighted by Crippen LogP contribution is -2.43. The molecule has 2 aliphatic carbocycles. The van der Waals surface area contributed by atoms with E-state index in [4.69, 9.17) is 9.72 Å². The van der Waals surface area contributed by atoms with Crippen LogP contribution in [0.4, 0.5) is 11.6 Å². The Balaban J connectivity index is 1.34. The zero-order valence-corrected chi connectivity index (χ0v) is 26.1. The van der Waals surface area contributed by atoms with Crippen LogP contribution in [0, 0.1) is 11.8 Å². The molecular weight excluding hydrogens is 596 g/mol. The average molecular weight is 630 g/mol. The fourth-order valence-electron chi connectivity index (χ4n) is 6.08. The summed E-state index contributed by atoms with van der Waals surface area (Å²) in [4.78, 5) is 43.8. The second-order valence-electron chi connectivity index (χ2n) is 12.1. The minimum absolute atomic E-state index is 0.00338. The van der Waals surface area contributed by atoms with Crippen molar-refractivity contribution >= 4 is 45.3 Å². The van der Waals surface area contributed by atoms with Gasteiger partial charge in [0.15, 0.2) is 5.52 Å². The lowest BCUT2D eigenvalue weighted by molar-refractivity contribution is -0.663. The van der Waals surface area contributed by atoms with Crippen molar-refractivity contribution in [2.45, 2.75) is 32.2 Å². The molecule has 0 aromatic carbocycles. The molecule has 13 heteroatoms. The smallest absolute Gasteiger partial charge is 0.350 e. The van der Waals surface area contributed by atoms with E-state index in [1.807, 2.05) is 52.8 Å². The Hall–Kier alpha value is -5.56. The number of anilines is 2. The molecule has 2 aliphatic rings. The van der Waals surface area contributed by atoms with Crippen LogP contribution in [0.5, 0.6) is 0 Å². The van der Waals surface area contributed by atoms with Crippen molar-refractivity contribution in [1.29, 1.82) is 0 Å². The number of pyridine rings is 4. The molecule has 0 saturated heterocycles. The number of carbonyl (C=O) groups excluding carboxylic acids is 2. The normalized spacial score (nSPS) is 14.5. The highest BCUT2D eigenvalue weighted by Gasteiger charge is 2.33. The van der Waals surface area contributed by atoms with E-state index >= 15 is 0 Å². The number of aryl methyl sites for hydroxylation is 1. The molecule has 236 valence electrons. The molecule has 0 atom stereocenters. The monoisotopic (exact) mass is 629 g/mol. The molecule has 0 radical (unpaired) electrons. The minimum Gasteiger partial charge on any atom is -0.383 e. The van der Waals surface area contributed by atoms with E-state index in [1.165, 1.54) is 0 Å². The fraction of sp³-hybridized carbons (Fsp3) is 0.294. The fourth-order valence-corrected chi connectivity index (χ4v) is 6.08. The number of hydrogen-bond donors (Lipinski definition) is 2. The van der Waals surface area contributed by atoms with Gasteiger partial charge >= 0.3 is 5.82 Å². The summed E-state index contributed by atoms with van der Waals surface area (Å²) in [5.74, 6) is 1.53. The summed E-state index contributed by atoms with van der Waals surface area (Å²) in [6, 6.07) is 11.6. The second-order valence-corrected chi connectivity index (χ2v) is 12.1. The number of rotatable bonds is 10. The summed E-state index contributed by atoms with van der Waals surface area (Å²) in [5.41, 5.74) is 5.02. The number of ether oxygens (including phenoxy) is 1. The van der Waals surface area contributed by atoms with Crippen molar-refractivity contribution in [3.8, 4) is 28.3 Å². The molecule has 2 fully saturated rings. The molecule has 2 saturated carbocycles. The third-order valence-electron chi connectivity index (χ3n) is 8.66. The lowest BCUT2D eigenvalue weighted by Gasteiger charge is -2.12. The van der Waals surface area contributed by atoms with Crippen LogP contribution in [0.15, 0.2) is 67.4 Å². The van der Waals surface area contributed by atoms with Gasteiger partial charge in [-0.05, 0) is 54.9 Å². The topological polar surface area (TPSA) is 146 Å². The van der Waals surface area contributed by atoms with E-state index in [1.54, 1.807) is 38.1 Å². The molecule has 0 bridgehead atoms. The molecule has 0 aliphatic heterocycles. The van der Waals surface area contributed by atoms with Crippen molar-refractivity contribution in [1.82, 2.24) is 34.4 Å². The van der Waals surface area contributed by atoms with E-state index in [9.17, 15) is 9.59 Å². The third-order valence-corrected chi connectivity index (χ3v) is 8.66. The van der Waals surface area contributed by atoms with Gasteiger partial charge in [0.2, 0.25) is 17.6 Å². The van der Waals surface area contributed by atoms with Crippen molar-refractivity contribution in [3.05, 3.63) is 67.4 Å². The highest BCUT2D eigenvalue weighted by atomic mass is 16.5. The Bertz CT molecular complexity index is 2180. The molecule has 13 nitrogen and oxygen atoms in total. The average Bonchev–Trinajstić information content (AvgIpc) is 4.01. The van der Waals surface area contributed by atoms with Crippen molar-refractivity contribution in [3.63, 3.8) is 0 Å². The van der Waals surface area contributed by atoms with Crippen LogP contribution >= 0.6 is 0 Å². The lowest BCUT2D eigenvalue weighted by atomic mass is 10.1. The van der Waals surface area contributed by atoms with Gasteiger partial charge in [-0.3, -0.25) is 29.6 Å². The summed E-state index contributed by atoms with van der Waals surface area (Å²) in [6.45, 7) is 0.894. The first-order valence-corrected chi connectivity index (χ1v) is 15.7. The van der Waals surface area contributed by atoms with Crippen LogP contribution in [-0.4, -0.2) is 59.9 Å². The van der Waals surface area contributed by atoms with E-state index in [0.29, 0.717) is 30.6 Å². The van der Waals surface area contributed by atoms with Crippen LogP contribution in [-0.2, 0) is 27.9 Å². The third kappa shape index (κ3) is 5.48. The number of hydrogen-bond acceptors (Lipinski definition) is 8. The standard InChI is InChI=1S/C34H32N10O3/c1-42-31(24-8-10-35-18-26(24)41-42)23-16-29(40-34(46)21-5-6-21)38-30(17-23)44-27-19-36-11-9-25(27)32(43(44)13-14-47-2)22-7-12-37-28(15-22)39-33(45)20-3-4-20/h7-12,15-21H,3-6,13-14H2,1-2H3,(H-,37,38,39,40,45,46)/p+1. The molecule has 8 rings (SSSR count). The number of nitrogens with zero attached hydrogens (tertiary/aromatic N) is 8. The summed E-state index contributed by atoms with van der Waals surface area (Å²) in [5, 5.41) is 12.6. The van der Waals surface area contributed by atoms with Gasteiger partial charge in [0.05, 0.1) is 42.3 Å². The van der Waals surface area contributed by atoms with Crippen LogP contribution < -0.4 is 15.3 Å². The zero-order valence-electron chi connectivity index (χ0n) is 26.1. The van der Waals surface area contributed by atoms with E-state index < -0.39 is 0 Å². The van der Waals surface area contributed by atoms with Gasteiger partial charge in [-0.2, -0.15) is 5.10 Å². The Kier molecular flexibility index (Phi) is 7.17. The van der Waals surface area contributed by atoms with Crippen LogP contribution in [0.2, 0.25) is 0 Å². The molecule has 2 N–H and O–H groups in total. The number of fused-ring (bicyclic) bond motifs is 2. The predicted octanol–water partition coefficient (Wildman–Crippen LogP) is 4.06. The van der Waals surface area contributed by atoms with E-state index in [2.05, 4.69) is 35.4 Å².